The van der Waals surface area contributed by atoms with Crippen molar-refractivity contribution < 1.29 is 4.52 Å². The van der Waals surface area contributed by atoms with E-state index in [1.165, 1.54) is 11.3 Å². The second-order valence-corrected chi connectivity index (χ2v) is 7.09. The number of H-pyrrole nitrogens is 1. The fraction of sp³-hybridized carbons (Fsp3) is 0.450. The number of piperidine rings is 1. The second kappa shape index (κ2) is 7.41. The Hall–Kier alpha value is -2.47. The highest BCUT2D eigenvalue weighted by atomic mass is 16.5. The first kappa shape index (κ1) is 17.0. The summed E-state index contributed by atoms with van der Waals surface area (Å²) in [4.78, 5) is 6.96. The minimum absolute atomic E-state index is 0.548. The Bertz CT molecular complexity index is 843. The van der Waals surface area contributed by atoms with Crippen molar-refractivity contribution in [2.45, 2.75) is 45.6 Å². The Labute approximate surface area is 153 Å². The molecule has 0 atom stereocenters. The molecule has 1 saturated heterocycles. The van der Waals surface area contributed by atoms with E-state index in [-0.39, 0.29) is 0 Å². The number of hydrogen-bond donors (Lipinski definition) is 1. The average molecular weight is 351 g/mol. The van der Waals surface area contributed by atoms with E-state index < -0.39 is 0 Å². The van der Waals surface area contributed by atoms with Crippen molar-refractivity contribution in [2.75, 3.05) is 13.1 Å². The summed E-state index contributed by atoms with van der Waals surface area (Å²) in [5.41, 5.74) is 4.64. The lowest BCUT2D eigenvalue weighted by atomic mass is 9.93. The van der Waals surface area contributed by atoms with E-state index in [0.29, 0.717) is 24.2 Å². The van der Waals surface area contributed by atoms with Crippen LogP contribution in [0.25, 0.3) is 11.4 Å². The Kier molecular flexibility index (Phi) is 4.84. The van der Waals surface area contributed by atoms with E-state index in [2.05, 4.69) is 69.4 Å². The van der Waals surface area contributed by atoms with E-state index in [0.717, 1.165) is 43.6 Å². The molecule has 0 saturated carbocycles. The van der Waals surface area contributed by atoms with Gasteiger partial charge in [-0.1, -0.05) is 36.3 Å². The zero-order valence-corrected chi connectivity index (χ0v) is 15.4. The van der Waals surface area contributed by atoms with Crippen LogP contribution in [0.1, 0.15) is 48.5 Å². The van der Waals surface area contributed by atoms with Crippen LogP contribution in [0.4, 0.5) is 0 Å². The third-order valence-electron chi connectivity index (χ3n) is 5.18. The predicted octanol–water partition coefficient (Wildman–Crippen LogP) is 3.71. The summed E-state index contributed by atoms with van der Waals surface area (Å²) in [5, 5.41) is 11.6. The Morgan fingerprint density at radius 1 is 1.19 bits per heavy atom. The largest absolute Gasteiger partial charge is 0.338 e. The summed E-state index contributed by atoms with van der Waals surface area (Å²) in [5.74, 6) is 1.91. The molecule has 0 aliphatic carbocycles. The Morgan fingerprint density at radius 2 is 1.96 bits per heavy atom. The maximum atomic E-state index is 5.47. The lowest BCUT2D eigenvalue weighted by Gasteiger charge is -2.29. The van der Waals surface area contributed by atoms with E-state index in [1.54, 1.807) is 0 Å². The van der Waals surface area contributed by atoms with Gasteiger partial charge in [0.2, 0.25) is 11.7 Å². The molecule has 0 amide bonds. The topological polar surface area (TPSA) is 70.8 Å². The molecule has 1 aromatic carbocycles. The molecule has 136 valence electrons. The van der Waals surface area contributed by atoms with E-state index >= 15 is 0 Å². The van der Waals surface area contributed by atoms with Gasteiger partial charge in [-0.2, -0.15) is 10.1 Å². The highest BCUT2D eigenvalue weighted by Gasteiger charge is 2.23. The minimum Gasteiger partial charge on any atom is -0.338 e. The van der Waals surface area contributed by atoms with Gasteiger partial charge in [-0.25, -0.2) is 0 Å². The zero-order chi connectivity index (χ0) is 17.9. The molecular weight excluding hydrogens is 326 g/mol. The lowest BCUT2D eigenvalue weighted by molar-refractivity contribution is 0.180. The smallest absolute Gasteiger partial charge is 0.241 e. The first-order chi connectivity index (χ1) is 12.7. The van der Waals surface area contributed by atoms with Crippen molar-refractivity contribution in [1.29, 1.82) is 0 Å². The van der Waals surface area contributed by atoms with E-state index in [9.17, 15) is 0 Å². The summed E-state index contributed by atoms with van der Waals surface area (Å²) in [7, 11) is 0. The number of rotatable bonds is 5. The maximum absolute atomic E-state index is 5.47. The molecule has 0 bridgehead atoms. The quantitative estimate of drug-likeness (QED) is 0.759. The van der Waals surface area contributed by atoms with Crippen LogP contribution in [0, 0.1) is 6.92 Å². The van der Waals surface area contributed by atoms with E-state index in [4.69, 9.17) is 4.52 Å². The molecule has 0 unspecified atom stereocenters. The average Bonchev–Trinajstić information content (AvgIpc) is 3.32. The van der Waals surface area contributed by atoms with Crippen LogP contribution in [0.15, 0.2) is 34.9 Å². The molecule has 4 rings (SSSR count). The fourth-order valence-corrected chi connectivity index (χ4v) is 3.55. The molecule has 0 spiro atoms. The summed E-state index contributed by atoms with van der Waals surface area (Å²) < 4.78 is 5.47. The lowest BCUT2D eigenvalue weighted by Crippen LogP contribution is -2.32. The van der Waals surface area contributed by atoms with Crippen molar-refractivity contribution >= 4 is 0 Å². The molecule has 26 heavy (non-hydrogen) atoms. The zero-order valence-electron chi connectivity index (χ0n) is 15.4. The number of nitrogens with zero attached hydrogens (tertiary/aromatic N) is 4. The van der Waals surface area contributed by atoms with Gasteiger partial charge in [0.05, 0.1) is 12.2 Å². The van der Waals surface area contributed by atoms with Gasteiger partial charge in [0.25, 0.3) is 0 Å². The molecule has 3 heterocycles. The molecule has 0 radical (unpaired) electrons. The number of nitrogens with one attached hydrogen (secondary N) is 1. The molecular formula is C20H25N5O. The van der Waals surface area contributed by atoms with Crippen molar-refractivity contribution in [1.82, 2.24) is 25.2 Å². The maximum Gasteiger partial charge on any atom is 0.241 e. The molecule has 1 aliphatic heterocycles. The number of benzene rings is 1. The van der Waals surface area contributed by atoms with Crippen LogP contribution in [-0.4, -0.2) is 38.3 Å². The first-order valence-electron chi connectivity index (χ1n) is 9.37. The van der Waals surface area contributed by atoms with Gasteiger partial charge < -0.3 is 4.52 Å². The number of aryl methyl sites for hydroxylation is 2. The van der Waals surface area contributed by atoms with Crippen LogP contribution < -0.4 is 0 Å². The molecule has 3 aromatic rings. The van der Waals surface area contributed by atoms with Gasteiger partial charge in [-0.3, -0.25) is 10.00 Å². The van der Waals surface area contributed by atoms with Gasteiger partial charge in [-0.15, -0.1) is 0 Å². The summed E-state index contributed by atoms with van der Waals surface area (Å²) in [6.07, 6.45) is 3.26. The normalized spacial score (nSPS) is 16.2. The Balaban J connectivity index is 1.34. The standard InChI is InChI=1S/C20H25N5O/c1-3-15-4-6-17(7-5-15)20-21-19(26-24-20)13-25-10-8-16(9-11-25)18-12-14(2)22-23-18/h4-7,12,16H,3,8-11,13H2,1-2H3,(H,22,23). The van der Waals surface area contributed by atoms with Gasteiger partial charge in [0, 0.05) is 17.2 Å². The monoisotopic (exact) mass is 351 g/mol. The molecule has 6 heteroatoms. The van der Waals surface area contributed by atoms with Crippen LogP contribution in [0.2, 0.25) is 0 Å². The van der Waals surface area contributed by atoms with Crippen molar-refractivity contribution in [3.8, 4) is 11.4 Å². The third kappa shape index (κ3) is 3.70. The van der Waals surface area contributed by atoms with Gasteiger partial charge in [-0.05, 0) is 50.9 Å². The van der Waals surface area contributed by atoms with Crippen LogP contribution in [-0.2, 0) is 13.0 Å². The molecule has 2 aromatic heterocycles. The van der Waals surface area contributed by atoms with Crippen LogP contribution in [0.3, 0.4) is 0 Å². The fourth-order valence-electron chi connectivity index (χ4n) is 3.55. The number of aromatic amines is 1. The number of likely N-dealkylation sites (tertiary alicyclic amines) is 1. The molecule has 6 nitrogen and oxygen atoms in total. The van der Waals surface area contributed by atoms with Gasteiger partial charge in [0.1, 0.15) is 0 Å². The highest BCUT2D eigenvalue weighted by molar-refractivity contribution is 5.54. The molecule has 1 N–H and O–H groups in total. The molecule has 1 fully saturated rings. The number of hydrogen-bond acceptors (Lipinski definition) is 5. The summed E-state index contributed by atoms with van der Waals surface area (Å²) in [6.45, 7) is 6.97. The molecule has 1 aliphatic rings. The van der Waals surface area contributed by atoms with Crippen LogP contribution in [0.5, 0.6) is 0 Å². The third-order valence-corrected chi connectivity index (χ3v) is 5.18. The van der Waals surface area contributed by atoms with Gasteiger partial charge in [0.15, 0.2) is 0 Å². The SMILES string of the molecule is CCc1ccc(-c2noc(CN3CCC(c4cc(C)[nH]n4)CC3)n2)cc1. The summed E-state index contributed by atoms with van der Waals surface area (Å²) in [6, 6.07) is 10.5. The highest BCUT2D eigenvalue weighted by Crippen LogP contribution is 2.27. The van der Waals surface area contributed by atoms with Crippen LogP contribution >= 0.6 is 0 Å². The first-order valence-corrected chi connectivity index (χ1v) is 9.37. The minimum atomic E-state index is 0.548. The van der Waals surface area contributed by atoms with E-state index in [1.807, 2.05) is 0 Å². The van der Waals surface area contributed by atoms with Crippen molar-refractivity contribution in [2.24, 2.45) is 0 Å². The number of aromatic nitrogens is 4. The van der Waals surface area contributed by atoms with Crippen molar-refractivity contribution in [3.63, 3.8) is 0 Å². The van der Waals surface area contributed by atoms with Crippen molar-refractivity contribution in [3.05, 3.63) is 53.2 Å². The summed E-state index contributed by atoms with van der Waals surface area (Å²) >= 11 is 0. The Morgan fingerprint density at radius 3 is 2.62 bits per heavy atom. The van der Waals surface area contributed by atoms with Gasteiger partial charge >= 0.3 is 0 Å². The second-order valence-electron chi connectivity index (χ2n) is 7.09. The predicted molar refractivity (Wildman–Crippen MR) is 99.7 cm³/mol.